The third-order valence-corrected chi connectivity index (χ3v) is 7.57. The standard InChI is InChI=1S/C23H31FN4O2S/c1-15-23-20(24)11-18(30-13-17-5-9-28(10-6-17)16(2)29)12-21(23)27-22(26-15)14-31-19-3-7-25-8-4-19/h11-12,17,19,25H,1,3-10,13-14H2,2H3,(H,26,27). The molecule has 0 unspecified atom stereocenters. The Morgan fingerprint density at radius 1 is 1.29 bits per heavy atom. The molecule has 0 aromatic heterocycles. The minimum Gasteiger partial charge on any atom is -0.493 e. The van der Waals surface area contributed by atoms with Crippen LogP contribution in [0.1, 0.15) is 38.2 Å². The van der Waals surface area contributed by atoms with Gasteiger partial charge in [-0.2, -0.15) is 11.8 Å². The van der Waals surface area contributed by atoms with Crippen LogP contribution in [-0.4, -0.2) is 60.4 Å². The van der Waals surface area contributed by atoms with Crippen molar-refractivity contribution in [3.8, 4) is 5.75 Å². The lowest BCUT2D eigenvalue weighted by molar-refractivity contribution is -0.130. The molecule has 3 aliphatic heterocycles. The summed E-state index contributed by atoms with van der Waals surface area (Å²) in [6, 6.07) is 3.23. The number of thioether (sulfide) groups is 1. The van der Waals surface area contributed by atoms with Crippen LogP contribution in [0.25, 0.3) is 5.70 Å². The van der Waals surface area contributed by atoms with Gasteiger partial charge in [0, 0.05) is 43.1 Å². The van der Waals surface area contributed by atoms with Crippen LogP contribution < -0.4 is 15.4 Å². The van der Waals surface area contributed by atoms with E-state index >= 15 is 0 Å². The van der Waals surface area contributed by atoms with E-state index in [9.17, 15) is 9.18 Å². The van der Waals surface area contributed by atoms with E-state index in [0.717, 1.165) is 63.5 Å². The van der Waals surface area contributed by atoms with Crippen molar-refractivity contribution < 1.29 is 13.9 Å². The van der Waals surface area contributed by atoms with Gasteiger partial charge in [-0.05, 0) is 44.7 Å². The third kappa shape index (κ3) is 5.60. The van der Waals surface area contributed by atoms with Crippen molar-refractivity contribution in [2.24, 2.45) is 10.9 Å². The Labute approximate surface area is 187 Å². The number of amidine groups is 1. The number of carbonyl (C=O) groups is 1. The quantitative estimate of drug-likeness (QED) is 0.700. The van der Waals surface area contributed by atoms with Crippen LogP contribution in [-0.2, 0) is 4.79 Å². The highest BCUT2D eigenvalue weighted by Crippen LogP contribution is 2.35. The Kier molecular flexibility index (Phi) is 7.17. The van der Waals surface area contributed by atoms with Gasteiger partial charge in [-0.3, -0.25) is 4.79 Å². The Bertz CT molecular complexity index is 861. The lowest BCUT2D eigenvalue weighted by atomic mass is 9.98. The highest BCUT2D eigenvalue weighted by molar-refractivity contribution is 8.00. The normalized spacial score (nSPS) is 20.1. The van der Waals surface area contributed by atoms with Crippen LogP contribution in [0.4, 0.5) is 10.1 Å². The van der Waals surface area contributed by atoms with Gasteiger partial charge in [0.25, 0.3) is 0 Å². The van der Waals surface area contributed by atoms with Crippen molar-refractivity contribution in [1.82, 2.24) is 15.5 Å². The summed E-state index contributed by atoms with van der Waals surface area (Å²) in [6.07, 6.45) is 4.13. The molecule has 0 radical (unpaired) electrons. The molecule has 6 nitrogen and oxygen atoms in total. The summed E-state index contributed by atoms with van der Waals surface area (Å²) >= 11 is 1.89. The lowest BCUT2D eigenvalue weighted by Gasteiger charge is -2.31. The maximum Gasteiger partial charge on any atom is 0.219 e. The van der Waals surface area contributed by atoms with Crippen molar-refractivity contribution >= 4 is 34.9 Å². The van der Waals surface area contributed by atoms with Gasteiger partial charge in [0.1, 0.15) is 17.4 Å². The Balaban J connectivity index is 1.38. The number of piperidine rings is 2. The number of nitrogens with one attached hydrogen (secondary N) is 2. The molecule has 1 amide bonds. The van der Waals surface area contributed by atoms with Gasteiger partial charge in [-0.1, -0.05) is 6.58 Å². The first-order valence-electron chi connectivity index (χ1n) is 11.1. The molecule has 1 aromatic rings. The van der Waals surface area contributed by atoms with Gasteiger partial charge < -0.3 is 20.3 Å². The maximum absolute atomic E-state index is 14.8. The number of rotatable bonds is 6. The van der Waals surface area contributed by atoms with E-state index in [1.807, 2.05) is 22.7 Å². The van der Waals surface area contributed by atoms with E-state index in [1.165, 1.54) is 6.07 Å². The summed E-state index contributed by atoms with van der Waals surface area (Å²) in [7, 11) is 0. The first-order valence-corrected chi connectivity index (χ1v) is 12.1. The van der Waals surface area contributed by atoms with E-state index in [0.29, 0.717) is 40.5 Å². The Morgan fingerprint density at radius 2 is 2.03 bits per heavy atom. The number of halogens is 1. The highest BCUT2D eigenvalue weighted by atomic mass is 32.2. The molecule has 0 atom stereocenters. The van der Waals surface area contributed by atoms with Crippen LogP contribution in [0.5, 0.6) is 5.75 Å². The average Bonchev–Trinajstić information content (AvgIpc) is 2.77. The van der Waals surface area contributed by atoms with Crippen molar-refractivity contribution in [3.63, 3.8) is 0 Å². The van der Waals surface area contributed by atoms with Gasteiger partial charge in [-0.15, -0.1) is 0 Å². The fourth-order valence-electron chi connectivity index (χ4n) is 4.30. The van der Waals surface area contributed by atoms with E-state index < -0.39 is 0 Å². The number of hydrogen-bond acceptors (Lipinski definition) is 6. The summed E-state index contributed by atoms with van der Waals surface area (Å²) < 4.78 is 20.7. The molecule has 3 heterocycles. The van der Waals surface area contributed by atoms with E-state index in [2.05, 4.69) is 22.2 Å². The molecule has 2 N–H and O–H groups in total. The fraction of sp³-hybridized carbons (Fsp3) is 0.565. The largest absolute Gasteiger partial charge is 0.493 e. The van der Waals surface area contributed by atoms with Crippen molar-refractivity contribution in [2.75, 3.05) is 38.5 Å². The summed E-state index contributed by atoms with van der Waals surface area (Å²) in [5.41, 5.74) is 1.54. The van der Waals surface area contributed by atoms with Gasteiger partial charge in [-0.25, -0.2) is 9.38 Å². The van der Waals surface area contributed by atoms with Crippen LogP contribution in [0, 0.1) is 11.7 Å². The SMILES string of the molecule is C=C1NC(CSC2CCNCC2)=Nc2cc(OCC3CCN(C(C)=O)CC3)cc(F)c21. The van der Waals surface area contributed by atoms with Crippen molar-refractivity contribution in [1.29, 1.82) is 0 Å². The fourth-order valence-corrected chi connectivity index (χ4v) is 5.40. The number of carbonyl (C=O) groups excluding carboxylic acids is 1. The predicted octanol–water partition coefficient (Wildman–Crippen LogP) is 3.55. The highest BCUT2D eigenvalue weighted by Gasteiger charge is 2.24. The Morgan fingerprint density at radius 3 is 2.74 bits per heavy atom. The molecule has 0 saturated carbocycles. The number of benzene rings is 1. The van der Waals surface area contributed by atoms with Gasteiger partial charge in [0.2, 0.25) is 5.91 Å². The van der Waals surface area contributed by atoms with Crippen molar-refractivity contribution in [2.45, 2.75) is 37.9 Å². The summed E-state index contributed by atoms with van der Waals surface area (Å²) in [5.74, 6) is 2.18. The lowest BCUT2D eigenvalue weighted by Crippen LogP contribution is -2.38. The molecule has 0 bridgehead atoms. The number of ether oxygens (including phenoxy) is 1. The van der Waals surface area contributed by atoms with Gasteiger partial charge in [0.15, 0.2) is 0 Å². The molecule has 0 spiro atoms. The molecule has 0 aliphatic carbocycles. The number of hydrogen-bond donors (Lipinski definition) is 2. The first kappa shape index (κ1) is 22.1. The van der Waals surface area contributed by atoms with Crippen LogP contribution in [0.15, 0.2) is 23.7 Å². The second-order valence-electron chi connectivity index (χ2n) is 8.48. The average molecular weight is 447 g/mol. The van der Waals surface area contributed by atoms with Crippen LogP contribution in [0.2, 0.25) is 0 Å². The van der Waals surface area contributed by atoms with Crippen molar-refractivity contribution in [3.05, 3.63) is 30.1 Å². The molecular formula is C23H31FN4O2S. The Hall–Kier alpha value is -2.06. The molecule has 1 aromatic carbocycles. The smallest absolute Gasteiger partial charge is 0.219 e. The van der Waals surface area contributed by atoms with Gasteiger partial charge >= 0.3 is 0 Å². The number of nitrogens with zero attached hydrogens (tertiary/aromatic N) is 2. The minimum atomic E-state index is -0.370. The first-order chi connectivity index (χ1) is 15.0. The monoisotopic (exact) mass is 446 g/mol. The topological polar surface area (TPSA) is 66.0 Å². The molecule has 2 fully saturated rings. The van der Waals surface area contributed by atoms with Crippen LogP contribution in [0.3, 0.4) is 0 Å². The molecule has 168 valence electrons. The summed E-state index contributed by atoms with van der Waals surface area (Å²) in [6.45, 7) is 9.78. The van der Waals surface area contributed by atoms with E-state index in [4.69, 9.17) is 4.74 Å². The van der Waals surface area contributed by atoms with Gasteiger partial charge in [0.05, 0.1) is 23.6 Å². The molecule has 2 saturated heterocycles. The zero-order chi connectivity index (χ0) is 21.8. The number of amides is 1. The molecule has 31 heavy (non-hydrogen) atoms. The molecular weight excluding hydrogens is 415 g/mol. The zero-order valence-corrected chi connectivity index (χ0v) is 18.9. The second-order valence-corrected chi connectivity index (χ2v) is 9.77. The number of aliphatic imine (C=N–C) groups is 1. The van der Waals surface area contributed by atoms with E-state index in [-0.39, 0.29) is 11.7 Å². The molecule has 8 heteroatoms. The number of likely N-dealkylation sites (tertiary alicyclic amines) is 1. The molecule has 4 rings (SSSR count). The summed E-state index contributed by atoms with van der Waals surface area (Å²) in [5, 5.41) is 7.18. The zero-order valence-electron chi connectivity index (χ0n) is 18.1. The number of fused-ring (bicyclic) bond motifs is 1. The second kappa shape index (κ2) is 10.0. The molecule has 3 aliphatic rings. The minimum absolute atomic E-state index is 0.122. The summed E-state index contributed by atoms with van der Waals surface area (Å²) in [4.78, 5) is 18.0. The van der Waals surface area contributed by atoms with E-state index in [1.54, 1.807) is 6.92 Å². The maximum atomic E-state index is 14.8. The van der Waals surface area contributed by atoms with Crippen LogP contribution >= 0.6 is 11.8 Å². The predicted molar refractivity (Wildman–Crippen MR) is 124 cm³/mol. The third-order valence-electron chi connectivity index (χ3n) is 6.18.